The van der Waals surface area contributed by atoms with Crippen molar-refractivity contribution < 1.29 is 4.52 Å². The number of nitrogens with one attached hydrogen (secondary N) is 1. The molecule has 19 heavy (non-hydrogen) atoms. The lowest BCUT2D eigenvalue weighted by Gasteiger charge is -2.21. The molecular formula is C13H19N5O. The molecule has 1 N–H and O–H groups in total. The van der Waals surface area contributed by atoms with E-state index in [9.17, 15) is 0 Å². The zero-order valence-electron chi connectivity index (χ0n) is 11.5. The molecule has 0 aliphatic heterocycles. The maximum Gasteiger partial charge on any atom is 0.194 e. The van der Waals surface area contributed by atoms with Crippen LogP contribution in [0.4, 0.5) is 0 Å². The van der Waals surface area contributed by atoms with Gasteiger partial charge in [-0.25, -0.2) is 0 Å². The summed E-state index contributed by atoms with van der Waals surface area (Å²) in [4.78, 5) is 6.26. The van der Waals surface area contributed by atoms with E-state index in [4.69, 9.17) is 4.52 Å². The molecule has 102 valence electrons. The maximum absolute atomic E-state index is 4.82. The van der Waals surface area contributed by atoms with Crippen molar-refractivity contribution in [1.29, 1.82) is 0 Å². The molecule has 6 heteroatoms. The van der Waals surface area contributed by atoms with Gasteiger partial charge in [0.05, 0.1) is 13.1 Å². The van der Waals surface area contributed by atoms with Crippen molar-refractivity contribution in [1.82, 2.24) is 19.9 Å². The van der Waals surface area contributed by atoms with E-state index in [2.05, 4.69) is 26.1 Å². The lowest BCUT2D eigenvalue weighted by molar-refractivity contribution is 0.391. The van der Waals surface area contributed by atoms with Gasteiger partial charge in [0.15, 0.2) is 5.96 Å². The van der Waals surface area contributed by atoms with Gasteiger partial charge in [-0.2, -0.15) is 0 Å². The second kappa shape index (κ2) is 6.08. The summed E-state index contributed by atoms with van der Waals surface area (Å²) < 4.78 is 6.90. The van der Waals surface area contributed by atoms with Crippen molar-refractivity contribution in [2.45, 2.75) is 13.1 Å². The van der Waals surface area contributed by atoms with Crippen molar-refractivity contribution >= 4 is 5.96 Å². The van der Waals surface area contributed by atoms with Crippen LogP contribution in [0.25, 0.3) is 0 Å². The highest BCUT2D eigenvalue weighted by molar-refractivity contribution is 5.79. The zero-order chi connectivity index (χ0) is 13.7. The molecule has 2 rings (SSSR count). The summed E-state index contributed by atoms with van der Waals surface area (Å²) >= 11 is 0. The highest BCUT2D eigenvalue weighted by Crippen LogP contribution is 2.02. The van der Waals surface area contributed by atoms with Crippen LogP contribution in [0.5, 0.6) is 0 Å². The van der Waals surface area contributed by atoms with E-state index >= 15 is 0 Å². The number of aliphatic imine (C=N–C) groups is 1. The molecule has 0 aliphatic rings. The van der Waals surface area contributed by atoms with E-state index in [0.29, 0.717) is 6.54 Å². The number of guanidine groups is 1. The van der Waals surface area contributed by atoms with Crippen molar-refractivity contribution in [3.8, 4) is 0 Å². The summed E-state index contributed by atoms with van der Waals surface area (Å²) in [5, 5.41) is 7.22. The van der Waals surface area contributed by atoms with Crippen LogP contribution < -0.4 is 5.32 Å². The molecule has 6 nitrogen and oxygen atoms in total. The van der Waals surface area contributed by atoms with E-state index in [1.807, 2.05) is 37.3 Å². The van der Waals surface area contributed by atoms with Gasteiger partial charge in [0.1, 0.15) is 12.0 Å². The van der Waals surface area contributed by atoms with Crippen molar-refractivity contribution in [2.24, 2.45) is 12.0 Å². The topological polar surface area (TPSA) is 58.6 Å². The highest BCUT2D eigenvalue weighted by atomic mass is 16.5. The van der Waals surface area contributed by atoms with Crippen LogP contribution in [-0.2, 0) is 20.1 Å². The molecule has 2 heterocycles. The van der Waals surface area contributed by atoms with Crippen LogP contribution in [0, 0.1) is 0 Å². The molecule has 0 aliphatic carbocycles. The minimum atomic E-state index is 0.656. The van der Waals surface area contributed by atoms with E-state index in [1.165, 1.54) is 5.69 Å². The lowest BCUT2D eigenvalue weighted by atomic mass is 10.4. The van der Waals surface area contributed by atoms with Gasteiger partial charge in [-0.15, -0.1) is 0 Å². The Hall–Kier alpha value is -2.24. The average molecular weight is 261 g/mol. The summed E-state index contributed by atoms with van der Waals surface area (Å²) in [7, 11) is 5.76. The molecule has 0 aromatic carbocycles. The fourth-order valence-electron chi connectivity index (χ4n) is 1.87. The fraction of sp³-hybridized carbons (Fsp3) is 0.385. The maximum atomic E-state index is 4.82. The van der Waals surface area contributed by atoms with Crippen LogP contribution in [0.2, 0.25) is 0 Å². The molecule has 0 amide bonds. The SMILES string of the molecule is CN=C(NCc1cccn1C)N(C)Cc1ccon1. The number of hydrogen-bond acceptors (Lipinski definition) is 3. The first kappa shape index (κ1) is 13.2. The van der Waals surface area contributed by atoms with Crippen LogP contribution in [0.1, 0.15) is 11.4 Å². The van der Waals surface area contributed by atoms with Crippen molar-refractivity contribution in [3.63, 3.8) is 0 Å². The third-order valence-corrected chi connectivity index (χ3v) is 2.94. The Labute approximate surface area is 112 Å². The standard InChI is InChI=1S/C13H19N5O/c1-14-13(15-9-12-5-4-7-17(12)2)18(3)10-11-6-8-19-16-11/h4-8H,9-10H2,1-3H3,(H,14,15). The first-order valence-corrected chi connectivity index (χ1v) is 6.12. The molecule has 0 spiro atoms. The second-order valence-corrected chi connectivity index (χ2v) is 4.36. The Kier molecular flexibility index (Phi) is 4.22. The van der Waals surface area contributed by atoms with Crippen molar-refractivity contribution in [2.75, 3.05) is 14.1 Å². The summed E-state index contributed by atoms with van der Waals surface area (Å²) in [5.74, 6) is 0.823. The predicted molar refractivity (Wildman–Crippen MR) is 73.6 cm³/mol. The Bertz CT molecular complexity index is 529. The van der Waals surface area contributed by atoms with Gasteiger partial charge in [0, 0.05) is 39.1 Å². The Morgan fingerprint density at radius 2 is 2.37 bits per heavy atom. The van der Waals surface area contributed by atoms with Crippen LogP contribution in [-0.4, -0.2) is 34.7 Å². The quantitative estimate of drug-likeness (QED) is 0.664. The molecule has 2 aromatic rings. The number of rotatable bonds is 4. The molecule has 2 aromatic heterocycles. The van der Waals surface area contributed by atoms with Gasteiger partial charge in [0.2, 0.25) is 0 Å². The van der Waals surface area contributed by atoms with Gasteiger partial charge in [-0.1, -0.05) is 5.16 Å². The fourth-order valence-corrected chi connectivity index (χ4v) is 1.87. The van der Waals surface area contributed by atoms with Crippen LogP contribution in [0.3, 0.4) is 0 Å². The van der Waals surface area contributed by atoms with E-state index < -0.39 is 0 Å². The molecule has 0 radical (unpaired) electrons. The highest BCUT2D eigenvalue weighted by Gasteiger charge is 2.08. The lowest BCUT2D eigenvalue weighted by Crippen LogP contribution is -2.38. The smallest absolute Gasteiger partial charge is 0.194 e. The average Bonchev–Trinajstić information content (AvgIpc) is 3.02. The third kappa shape index (κ3) is 3.37. The summed E-state index contributed by atoms with van der Waals surface area (Å²) in [6.07, 6.45) is 3.60. The zero-order valence-corrected chi connectivity index (χ0v) is 11.5. The molecule has 0 unspecified atom stereocenters. The molecule has 0 bridgehead atoms. The van der Waals surface area contributed by atoms with Crippen LogP contribution >= 0.6 is 0 Å². The second-order valence-electron chi connectivity index (χ2n) is 4.36. The minimum absolute atomic E-state index is 0.656. The largest absolute Gasteiger partial charge is 0.364 e. The molecule has 0 fully saturated rings. The van der Waals surface area contributed by atoms with Gasteiger partial charge < -0.3 is 19.3 Å². The van der Waals surface area contributed by atoms with Gasteiger partial charge in [-0.3, -0.25) is 4.99 Å². The van der Waals surface area contributed by atoms with E-state index in [-0.39, 0.29) is 0 Å². The van der Waals surface area contributed by atoms with Crippen LogP contribution in [0.15, 0.2) is 40.2 Å². The van der Waals surface area contributed by atoms with Crippen molar-refractivity contribution in [3.05, 3.63) is 42.0 Å². The number of nitrogens with zero attached hydrogens (tertiary/aromatic N) is 4. The summed E-state index contributed by atoms with van der Waals surface area (Å²) in [6.45, 7) is 1.39. The normalized spacial score (nSPS) is 11.6. The first-order valence-electron chi connectivity index (χ1n) is 6.12. The Morgan fingerprint density at radius 1 is 1.53 bits per heavy atom. The van der Waals surface area contributed by atoms with E-state index in [0.717, 1.165) is 18.2 Å². The summed E-state index contributed by atoms with van der Waals surface area (Å²) in [6, 6.07) is 5.96. The Morgan fingerprint density at radius 3 is 2.95 bits per heavy atom. The molecular weight excluding hydrogens is 242 g/mol. The number of hydrogen-bond donors (Lipinski definition) is 1. The van der Waals surface area contributed by atoms with Gasteiger partial charge >= 0.3 is 0 Å². The van der Waals surface area contributed by atoms with Gasteiger partial charge in [-0.05, 0) is 12.1 Å². The molecule has 0 atom stereocenters. The molecule has 0 saturated heterocycles. The summed E-state index contributed by atoms with van der Waals surface area (Å²) in [5.41, 5.74) is 2.08. The monoisotopic (exact) mass is 261 g/mol. The predicted octanol–water partition coefficient (Wildman–Crippen LogP) is 1.22. The van der Waals surface area contributed by atoms with E-state index in [1.54, 1.807) is 13.3 Å². The minimum Gasteiger partial charge on any atom is -0.364 e. The molecule has 0 saturated carbocycles. The Balaban J connectivity index is 1.91. The van der Waals surface area contributed by atoms with Gasteiger partial charge in [0.25, 0.3) is 0 Å². The third-order valence-electron chi connectivity index (χ3n) is 2.94. The number of aryl methyl sites for hydroxylation is 1. The number of aromatic nitrogens is 2. The first-order chi connectivity index (χ1) is 9.20.